The van der Waals surface area contributed by atoms with E-state index in [1.807, 2.05) is 48.7 Å². The highest BCUT2D eigenvalue weighted by Crippen LogP contribution is 2.23. The van der Waals surface area contributed by atoms with Crippen molar-refractivity contribution in [3.8, 4) is 11.3 Å². The van der Waals surface area contributed by atoms with Crippen molar-refractivity contribution in [1.82, 2.24) is 9.38 Å². The molecule has 3 rings (SSSR count). The number of benzene rings is 1. The van der Waals surface area contributed by atoms with E-state index < -0.39 is 0 Å². The Morgan fingerprint density at radius 3 is 2.53 bits per heavy atom. The van der Waals surface area contributed by atoms with Crippen molar-refractivity contribution >= 4 is 21.8 Å². The normalized spacial score (nSPS) is 11.2. The Labute approximate surface area is 107 Å². The van der Waals surface area contributed by atoms with Gasteiger partial charge in [-0.2, -0.15) is 4.98 Å². The molecule has 0 saturated heterocycles. The number of halogens is 1. The topological polar surface area (TPSA) is 30.4 Å². The van der Waals surface area contributed by atoms with Crippen LogP contribution < -0.4 is 0 Å². The first-order valence-corrected chi connectivity index (χ1v) is 6.15. The van der Waals surface area contributed by atoms with Crippen LogP contribution >= 0.6 is 15.9 Å². The maximum atomic E-state index is 5.57. The van der Waals surface area contributed by atoms with Crippen LogP contribution in [0.2, 0.25) is 0 Å². The van der Waals surface area contributed by atoms with Gasteiger partial charge >= 0.3 is 5.84 Å². The van der Waals surface area contributed by atoms with Gasteiger partial charge in [0.05, 0.1) is 11.4 Å². The highest BCUT2D eigenvalue weighted by Gasteiger charge is 2.11. The van der Waals surface area contributed by atoms with Gasteiger partial charge in [0.2, 0.25) is 0 Å². The molecule has 86 valence electrons. The molecule has 0 atom stereocenters. The number of aryl methyl sites for hydroxylation is 2. The summed E-state index contributed by atoms with van der Waals surface area (Å²) in [6, 6.07) is 8.09. The summed E-state index contributed by atoms with van der Waals surface area (Å²) in [4.78, 5) is 4.48. The molecule has 17 heavy (non-hydrogen) atoms. The lowest BCUT2D eigenvalue weighted by Gasteiger charge is -1.95. The minimum atomic E-state index is 0.651. The third-order valence-electron chi connectivity index (χ3n) is 2.93. The van der Waals surface area contributed by atoms with E-state index in [2.05, 4.69) is 20.9 Å². The maximum Gasteiger partial charge on any atom is 0.306 e. The van der Waals surface area contributed by atoms with Crippen molar-refractivity contribution in [1.29, 1.82) is 0 Å². The predicted octanol–water partition coefficient (Wildman–Crippen LogP) is 3.97. The lowest BCUT2D eigenvalue weighted by Crippen LogP contribution is -1.81. The Morgan fingerprint density at radius 2 is 1.88 bits per heavy atom. The molecule has 0 amide bonds. The van der Waals surface area contributed by atoms with Gasteiger partial charge in [-0.05, 0) is 26.0 Å². The molecule has 0 spiro atoms. The monoisotopic (exact) mass is 290 g/mol. The smallest absolute Gasteiger partial charge is 0.306 e. The summed E-state index contributed by atoms with van der Waals surface area (Å²) in [6.45, 7) is 3.97. The molecule has 0 aliphatic rings. The van der Waals surface area contributed by atoms with Gasteiger partial charge in [-0.1, -0.05) is 28.1 Å². The van der Waals surface area contributed by atoms with Crippen LogP contribution in [-0.2, 0) is 0 Å². The number of oxazole rings is 1. The van der Waals surface area contributed by atoms with Gasteiger partial charge in [0.15, 0.2) is 0 Å². The Kier molecular flexibility index (Phi) is 2.33. The molecule has 1 aromatic carbocycles. The van der Waals surface area contributed by atoms with Crippen LogP contribution in [0.3, 0.4) is 0 Å². The average Bonchev–Trinajstić information content (AvgIpc) is 2.82. The fourth-order valence-electron chi connectivity index (χ4n) is 1.82. The van der Waals surface area contributed by atoms with Gasteiger partial charge in [-0.25, -0.2) is 0 Å². The van der Waals surface area contributed by atoms with E-state index in [1.54, 1.807) is 0 Å². The largest absolute Gasteiger partial charge is 0.428 e. The third kappa shape index (κ3) is 1.69. The first kappa shape index (κ1) is 10.6. The summed E-state index contributed by atoms with van der Waals surface area (Å²) in [6.07, 6.45) is 2.00. The van der Waals surface area contributed by atoms with Crippen molar-refractivity contribution in [2.45, 2.75) is 13.8 Å². The predicted molar refractivity (Wildman–Crippen MR) is 70.1 cm³/mol. The maximum absolute atomic E-state index is 5.57. The third-order valence-corrected chi connectivity index (χ3v) is 3.46. The first-order valence-electron chi connectivity index (χ1n) is 5.36. The van der Waals surface area contributed by atoms with Gasteiger partial charge < -0.3 is 4.42 Å². The summed E-state index contributed by atoms with van der Waals surface area (Å²) in [7, 11) is 0. The van der Waals surface area contributed by atoms with Crippen molar-refractivity contribution in [2.24, 2.45) is 0 Å². The molecule has 3 aromatic rings. The standard InChI is InChI=1S/C13H11BrN2O/c1-8-9(2)17-13-15-12(7-16(8)13)10-3-5-11(14)6-4-10/h3-7H,1-2H3. The summed E-state index contributed by atoms with van der Waals surface area (Å²) in [5, 5.41) is 0. The van der Waals surface area contributed by atoms with E-state index in [1.165, 1.54) is 0 Å². The zero-order chi connectivity index (χ0) is 12.0. The second-order valence-electron chi connectivity index (χ2n) is 4.03. The van der Waals surface area contributed by atoms with Crippen molar-refractivity contribution in [2.75, 3.05) is 0 Å². The molecule has 0 aliphatic heterocycles. The molecule has 0 radical (unpaired) electrons. The Balaban J connectivity index is 2.15. The molecule has 0 aliphatic carbocycles. The zero-order valence-electron chi connectivity index (χ0n) is 9.57. The summed E-state index contributed by atoms with van der Waals surface area (Å²) < 4.78 is 8.61. The van der Waals surface area contributed by atoms with E-state index in [-0.39, 0.29) is 0 Å². The van der Waals surface area contributed by atoms with Crippen molar-refractivity contribution in [3.63, 3.8) is 0 Å². The number of rotatable bonds is 1. The molecule has 4 heteroatoms. The van der Waals surface area contributed by atoms with Crippen molar-refractivity contribution < 1.29 is 4.42 Å². The second-order valence-corrected chi connectivity index (χ2v) is 4.94. The SMILES string of the molecule is Cc1oc2nc(-c3ccc(Br)cc3)cn2c1C. The number of hydrogen-bond donors (Lipinski definition) is 0. The lowest BCUT2D eigenvalue weighted by atomic mass is 10.2. The van der Waals surface area contributed by atoms with Gasteiger partial charge in [0.25, 0.3) is 0 Å². The molecule has 0 N–H and O–H groups in total. The van der Waals surface area contributed by atoms with Gasteiger partial charge in [-0.3, -0.25) is 4.40 Å². The quantitative estimate of drug-likeness (QED) is 0.679. The molecular weight excluding hydrogens is 280 g/mol. The molecule has 0 saturated carbocycles. The number of aromatic nitrogens is 2. The Morgan fingerprint density at radius 1 is 1.18 bits per heavy atom. The lowest BCUT2D eigenvalue weighted by molar-refractivity contribution is 0.561. The molecule has 3 nitrogen and oxygen atoms in total. The van der Waals surface area contributed by atoms with E-state index >= 15 is 0 Å². The fraction of sp³-hybridized carbons (Fsp3) is 0.154. The van der Waals surface area contributed by atoms with Crippen LogP contribution in [0.15, 0.2) is 39.4 Å². The average molecular weight is 291 g/mol. The van der Waals surface area contributed by atoms with E-state index in [4.69, 9.17) is 4.42 Å². The van der Waals surface area contributed by atoms with Crippen LogP contribution in [0, 0.1) is 13.8 Å². The number of fused-ring (bicyclic) bond motifs is 1. The second kappa shape index (κ2) is 3.74. The molecule has 0 unspecified atom stereocenters. The first-order chi connectivity index (χ1) is 8.15. The van der Waals surface area contributed by atoms with Crippen LogP contribution in [0.25, 0.3) is 17.1 Å². The zero-order valence-corrected chi connectivity index (χ0v) is 11.2. The minimum Gasteiger partial charge on any atom is -0.428 e. The highest BCUT2D eigenvalue weighted by molar-refractivity contribution is 9.10. The Bertz CT molecular complexity index is 679. The number of nitrogens with zero attached hydrogens (tertiary/aromatic N) is 2. The fourth-order valence-corrected chi connectivity index (χ4v) is 2.08. The number of hydrogen-bond acceptors (Lipinski definition) is 2. The summed E-state index contributed by atoms with van der Waals surface area (Å²) in [5.74, 6) is 1.56. The molecule has 2 heterocycles. The molecule has 0 fully saturated rings. The molecule has 2 aromatic heterocycles. The molecular formula is C13H11BrN2O. The van der Waals surface area contributed by atoms with E-state index in [9.17, 15) is 0 Å². The van der Waals surface area contributed by atoms with Crippen molar-refractivity contribution in [3.05, 3.63) is 46.4 Å². The van der Waals surface area contributed by atoms with Crippen LogP contribution in [0.5, 0.6) is 0 Å². The van der Waals surface area contributed by atoms with Gasteiger partial charge in [0.1, 0.15) is 5.76 Å². The van der Waals surface area contributed by atoms with Crippen LogP contribution in [0.1, 0.15) is 11.5 Å². The van der Waals surface area contributed by atoms with Gasteiger partial charge in [0, 0.05) is 16.2 Å². The van der Waals surface area contributed by atoms with Crippen LogP contribution in [-0.4, -0.2) is 9.38 Å². The van der Waals surface area contributed by atoms with E-state index in [0.717, 1.165) is 27.2 Å². The summed E-state index contributed by atoms with van der Waals surface area (Å²) >= 11 is 3.42. The number of imidazole rings is 1. The highest BCUT2D eigenvalue weighted by atomic mass is 79.9. The van der Waals surface area contributed by atoms with E-state index in [0.29, 0.717) is 5.84 Å². The molecule has 0 bridgehead atoms. The van der Waals surface area contributed by atoms with Gasteiger partial charge in [-0.15, -0.1) is 0 Å². The summed E-state index contributed by atoms with van der Waals surface area (Å²) in [5.41, 5.74) is 3.11. The minimum absolute atomic E-state index is 0.651. The van der Waals surface area contributed by atoms with Crippen LogP contribution in [0.4, 0.5) is 0 Å². The Hall–Kier alpha value is -1.55.